The predicted octanol–water partition coefficient (Wildman–Crippen LogP) is 3.31. The van der Waals surface area contributed by atoms with E-state index in [1.165, 1.54) is 9.13 Å². The monoisotopic (exact) mass is 381 g/mol. The average Bonchev–Trinajstić information content (AvgIpc) is 2.46. The Morgan fingerprint density at radius 1 is 1.25 bits per heavy atom. The van der Waals surface area contributed by atoms with Gasteiger partial charge in [0.1, 0.15) is 0 Å². The van der Waals surface area contributed by atoms with E-state index >= 15 is 0 Å². The fourth-order valence-corrected chi connectivity index (χ4v) is 2.24. The Balaban J connectivity index is 2.08. The molecule has 4 nitrogen and oxygen atoms in total. The minimum absolute atomic E-state index is 0.130. The lowest BCUT2D eigenvalue weighted by Crippen LogP contribution is -2.13. The molecular weight excluding hydrogens is 365 g/mol. The van der Waals surface area contributed by atoms with Crippen LogP contribution in [0.25, 0.3) is 0 Å². The van der Waals surface area contributed by atoms with Gasteiger partial charge < -0.3 is 16.3 Å². The molecule has 0 unspecified atom stereocenters. The Morgan fingerprint density at radius 2 is 1.95 bits per heavy atom. The van der Waals surface area contributed by atoms with Gasteiger partial charge in [0.25, 0.3) is 0 Å². The van der Waals surface area contributed by atoms with E-state index in [2.05, 4.69) is 57.3 Å². The van der Waals surface area contributed by atoms with Crippen LogP contribution in [0.5, 0.6) is 0 Å². The molecule has 4 N–H and O–H groups in total. The van der Waals surface area contributed by atoms with E-state index in [1.54, 1.807) is 0 Å². The molecule has 0 saturated heterocycles. The maximum absolute atomic E-state index is 8.67. The van der Waals surface area contributed by atoms with Crippen molar-refractivity contribution in [2.24, 2.45) is 10.9 Å². The van der Waals surface area contributed by atoms with Gasteiger partial charge in [-0.05, 0) is 71.0 Å². The number of amidine groups is 1. The summed E-state index contributed by atoms with van der Waals surface area (Å²) in [5.74, 6) is 0.130. The molecule has 0 aliphatic heterocycles. The van der Waals surface area contributed by atoms with Gasteiger partial charge in [0.2, 0.25) is 0 Å². The van der Waals surface area contributed by atoms with Gasteiger partial charge in [-0.2, -0.15) is 0 Å². The van der Waals surface area contributed by atoms with Crippen LogP contribution in [0, 0.1) is 10.5 Å². The predicted molar refractivity (Wildman–Crippen MR) is 90.2 cm³/mol. The average molecular weight is 381 g/mol. The molecule has 0 aliphatic rings. The number of hydrogen-bond donors (Lipinski definition) is 3. The zero-order chi connectivity index (χ0) is 14.5. The summed E-state index contributed by atoms with van der Waals surface area (Å²) >= 11 is 2.28. The molecule has 0 amide bonds. The highest BCUT2D eigenvalue weighted by Gasteiger charge is 2.03. The van der Waals surface area contributed by atoms with Crippen molar-refractivity contribution in [2.75, 3.05) is 5.32 Å². The number of nitrogens with two attached hydrogens (primary N) is 1. The zero-order valence-corrected chi connectivity index (χ0v) is 13.3. The van der Waals surface area contributed by atoms with Crippen LogP contribution in [-0.2, 0) is 6.54 Å². The van der Waals surface area contributed by atoms with Crippen LogP contribution in [0.4, 0.5) is 5.69 Å². The fraction of sp³-hybridized carbons (Fsp3) is 0.133. The van der Waals surface area contributed by atoms with Crippen LogP contribution in [0.3, 0.4) is 0 Å². The Kier molecular flexibility index (Phi) is 4.84. The summed E-state index contributed by atoms with van der Waals surface area (Å²) in [5, 5.41) is 15.1. The summed E-state index contributed by atoms with van der Waals surface area (Å²) in [7, 11) is 0. The van der Waals surface area contributed by atoms with E-state index in [4.69, 9.17) is 10.9 Å². The number of hydrogen-bond acceptors (Lipinski definition) is 3. The largest absolute Gasteiger partial charge is 0.409 e. The second-order valence-electron chi connectivity index (χ2n) is 4.49. The number of oxime groups is 1. The Labute approximate surface area is 131 Å². The number of halogens is 1. The van der Waals surface area contributed by atoms with Gasteiger partial charge in [-0.25, -0.2) is 0 Å². The van der Waals surface area contributed by atoms with Crippen LogP contribution >= 0.6 is 22.6 Å². The number of anilines is 1. The van der Waals surface area contributed by atoms with Crippen molar-refractivity contribution in [2.45, 2.75) is 13.5 Å². The van der Waals surface area contributed by atoms with Crippen LogP contribution in [-0.4, -0.2) is 11.0 Å². The minimum Gasteiger partial charge on any atom is -0.409 e. The van der Waals surface area contributed by atoms with E-state index in [0.717, 1.165) is 23.4 Å². The van der Waals surface area contributed by atoms with Gasteiger partial charge >= 0.3 is 0 Å². The van der Waals surface area contributed by atoms with E-state index in [-0.39, 0.29) is 5.84 Å². The summed E-state index contributed by atoms with van der Waals surface area (Å²) < 4.78 is 1.22. The number of aryl methyl sites for hydroxylation is 1. The Hall–Kier alpha value is -1.76. The van der Waals surface area contributed by atoms with Crippen molar-refractivity contribution in [1.82, 2.24) is 0 Å². The molecule has 5 heteroatoms. The topological polar surface area (TPSA) is 70.6 Å². The minimum atomic E-state index is 0.130. The van der Waals surface area contributed by atoms with Crippen molar-refractivity contribution < 1.29 is 5.21 Å². The molecule has 0 spiro atoms. The first-order chi connectivity index (χ1) is 9.60. The van der Waals surface area contributed by atoms with Crippen molar-refractivity contribution in [1.29, 1.82) is 0 Å². The molecule has 0 radical (unpaired) electrons. The number of nitrogens with one attached hydrogen (secondary N) is 1. The lowest BCUT2D eigenvalue weighted by atomic mass is 10.0. The molecule has 0 aliphatic carbocycles. The zero-order valence-electron chi connectivity index (χ0n) is 11.1. The van der Waals surface area contributed by atoms with Gasteiger partial charge in [-0.3, -0.25) is 0 Å². The summed E-state index contributed by atoms with van der Waals surface area (Å²) in [6, 6.07) is 14.0. The summed E-state index contributed by atoms with van der Waals surface area (Å²) in [4.78, 5) is 0. The lowest BCUT2D eigenvalue weighted by molar-refractivity contribution is 0.318. The van der Waals surface area contributed by atoms with E-state index in [0.29, 0.717) is 0 Å². The van der Waals surface area contributed by atoms with Gasteiger partial charge in [0.05, 0.1) is 0 Å². The molecule has 2 aromatic carbocycles. The normalized spacial score (nSPS) is 11.4. The molecule has 0 heterocycles. The molecular formula is C15H16IN3O. The van der Waals surface area contributed by atoms with Crippen molar-refractivity contribution in [3.8, 4) is 0 Å². The highest BCUT2D eigenvalue weighted by molar-refractivity contribution is 14.1. The first-order valence-corrected chi connectivity index (χ1v) is 7.25. The molecule has 0 saturated carbocycles. The third-order valence-corrected chi connectivity index (χ3v) is 3.79. The number of nitrogens with zero attached hydrogens (tertiary/aromatic N) is 1. The molecule has 0 bridgehead atoms. The van der Waals surface area contributed by atoms with Gasteiger partial charge in [-0.1, -0.05) is 17.3 Å². The summed E-state index contributed by atoms with van der Waals surface area (Å²) in [5.41, 5.74) is 9.67. The second kappa shape index (κ2) is 6.60. The number of benzene rings is 2. The van der Waals surface area contributed by atoms with Gasteiger partial charge in [0.15, 0.2) is 5.84 Å². The summed E-state index contributed by atoms with van der Waals surface area (Å²) in [6.07, 6.45) is 0. The first-order valence-electron chi connectivity index (χ1n) is 6.17. The van der Waals surface area contributed by atoms with Crippen molar-refractivity contribution >= 4 is 34.1 Å². The third kappa shape index (κ3) is 3.63. The molecule has 0 atom stereocenters. The van der Waals surface area contributed by atoms with E-state index in [9.17, 15) is 0 Å². The Bertz CT molecular complexity index is 624. The lowest BCUT2D eigenvalue weighted by Gasteiger charge is -2.10. The SMILES string of the molecule is Cc1cc(/C(N)=N/O)ccc1CNc1ccc(I)cc1. The Morgan fingerprint density at radius 3 is 2.55 bits per heavy atom. The molecule has 0 fully saturated rings. The third-order valence-electron chi connectivity index (χ3n) is 3.07. The molecule has 104 valence electrons. The van der Waals surface area contributed by atoms with Crippen LogP contribution in [0.1, 0.15) is 16.7 Å². The van der Waals surface area contributed by atoms with Gasteiger partial charge in [-0.15, -0.1) is 0 Å². The quantitative estimate of drug-likeness (QED) is 0.250. The van der Waals surface area contributed by atoms with Crippen molar-refractivity contribution in [3.05, 3.63) is 62.7 Å². The van der Waals surface area contributed by atoms with E-state index < -0.39 is 0 Å². The van der Waals surface area contributed by atoms with E-state index in [1.807, 2.05) is 25.1 Å². The molecule has 0 aromatic heterocycles. The first kappa shape index (κ1) is 14.6. The van der Waals surface area contributed by atoms with Gasteiger partial charge in [0, 0.05) is 21.4 Å². The van der Waals surface area contributed by atoms with Crippen LogP contribution in [0.15, 0.2) is 47.6 Å². The highest BCUT2D eigenvalue weighted by Crippen LogP contribution is 2.15. The molecule has 2 aromatic rings. The fourth-order valence-electron chi connectivity index (χ4n) is 1.88. The van der Waals surface area contributed by atoms with Crippen LogP contribution in [0.2, 0.25) is 0 Å². The maximum Gasteiger partial charge on any atom is 0.170 e. The highest BCUT2D eigenvalue weighted by atomic mass is 127. The number of rotatable bonds is 4. The van der Waals surface area contributed by atoms with Crippen molar-refractivity contribution in [3.63, 3.8) is 0 Å². The summed E-state index contributed by atoms with van der Waals surface area (Å²) in [6.45, 7) is 2.75. The second-order valence-corrected chi connectivity index (χ2v) is 5.73. The molecule has 20 heavy (non-hydrogen) atoms. The standard InChI is InChI=1S/C15H16IN3O/c1-10-8-11(15(17)19-20)2-3-12(10)9-18-14-6-4-13(16)5-7-14/h2-8,18,20H,9H2,1H3,(H2,17,19). The maximum atomic E-state index is 8.67. The molecule has 2 rings (SSSR count). The van der Waals surface area contributed by atoms with Crippen LogP contribution < -0.4 is 11.1 Å². The smallest absolute Gasteiger partial charge is 0.170 e.